The van der Waals surface area contributed by atoms with Crippen molar-refractivity contribution in [1.82, 2.24) is 20.3 Å². The minimum Gasteiger partial charge on any atom is -0.493 e. The lowest BCUT2D eigenvalue weighted by Gasteiger charge is -2.14. The highest BCUT2D eigenvalue weighted by Gasteiger charge is 2.27. The van der Waals surface area contributed by atoms with E-state index in [0.717, 1.165) is 11.3 Å². The Morgan fingerprint density at radius 1 is 1.18 bits per heavy atom. The number of aromatic hydroxyl groups is 1. The number of carbonyl (C=O) groups excluding carboxylic acids is 2. The van der Waals surface area contributed by atoms with E-state index in [0.29, 0.717) is 10.4 Å². The van der Waals surface area contributed by atoms with Gasteiger partial charge in [0.2, 0.25) is 17.7 Å². The van der Waals surface area contributed by atoms with Crippen LogP contribution in [0, 0.1) is 0 Å². The number of carboxylic acids is 2. The standard InChI is InChI=1S/C19H20N6O7S/c20-12(26)5-7(8-6-22-15-14(8)17(30)25-19(21)24-15)10-2-3-11(33-10)16(29)23-9(18(31)32)1-4-13(27)28/h2-3,6-7,9H,1,4-5H2,(H2,20,26)(H,23,29)(H,27,28)(H,31,32)(H4,21,22,24,25,30)/t7?,9-/m0/s1. The van der Waals surface area contributed by atoms with E-state index >= 15 is 0 Å². The number of nitrogens with one attached hydrogen (secondary N) is 2. The summed E-state index contributed by atoms with van der Waals surface area (Å²) in [5, 5.41) is 30.8. The van der Waals surface area contributed by atoms with E-state index in [1.165, 1.54) is 12.3 Å². The van der Waals surface area contributed by atoms with Crippen LogP contribution in [0.4, 0.5) is 5.95 Å². The van der Waals surface area contributed by atoms with Crippen molar-refractivity contribution in [1.29, 1.82) is 0 Å². The number of aromatic nitrogens is 3. The van der Waals surface area contributed by atoms with Gasteiger partial charge in [0.25, 0.3) is 5.91 Å². The van der Waals surface area contributed by atoms with Gasteiger partial charge in [-0.2, -0.15) is 9.97 Å². The molecule has 0 aliphatic rings. The Morgan fingerprint density at radius 2 is 1.91 bits per heavy atom. The SMILES string of the molecule is NC(=O)CC(c1ccc(C(=O)N[C@@H](CCC(=O)O)C(=O)O)s1)c1c[nH]c2nc(N)nc(O)c12. The van der Waals surface area contributed by atoms with E-state index < -0.39 is 42.1 Å². The largest absolute Gasteiger partial charge is 0.493 e. The number of hydrogen-bond acceptors (Lipinski definition) is 9. The molecule has 0 saturated carbocycles. The average Bonchev–Trinajstić information content (AvgIpc) is 3.36. The molecule has 3 aromatic rings. The maximum Gasteiger partial charge on any atom is 0.326 e. The number of carboxylic acid groups (broad SMARTS) is 2. The summed E-state index contributed by atoms with van der Waals surface area (Å²) in [5.74, 6) is -5.09. The number of nitrogens with zero attached hydrogens (tertiary/aromatic N) is 2. The van der Waals surface area contributed by atoms with Crippen LogP contribution in [0.1, 0.15) is 45.3 Å². The van der Waals surface area contributed by atoms with Gasteiger partial charge in [0.1, 0.15) is 11.7 Å². The lowest BCUT2D eigenvalue weighted by Crippen LogP contribution is -2.40. The van der Waals surface area contributed by atoms with Crippen LogP contribution < -0.4 is 16.8 Å². The summed E-state index contributed by atoms with van der Waals surface area (Å²) >= 11 is 0.995. The highest BCUT2D eigenvalue weighted by molar-refractivity contribution is 7.14. The van der Waals surface area contributed by atoms with Gasteiger partial charge in [-0.15, -0.1) is 11.3 Å². The van der Waals surface area contributed by atoms with Crippen molar-refractivity contribution >= 4 is 52.1 Å². The zero-order chi connectivity index (χ0) is 24.3. The molecule has 14 heteroatoms. The number of carbonyl (C=O) groups is 4. The Balaban J connectivity index is 1.91. The van der Waals surface area contributed by atoms with Crippen LogP contribution in [0.5, 0.6) is 5.88 Å². The third-order valence-corrected chi connectivity index (χ3v) is 5.98. The molecule has 33 heavy (non-hydrogen) atoms. The van der Waals surface area contributed by atoms with E-state index in [9.17, 15) is 29.4 Å². The molecule has 0 aliphatic heterocycles. The van der Waals surface area contributed by atoms with Gasteiger partial charge in [-0.3, -0.25) is 14.4 Å². The number of aliphatic carboxylic acids is 2. The molecule has 174 valence electrons. The molecule has 0 aliphatic carbocycles. The quantitative estimate of drug-likeness (QED) is 0.212. The van der Waals surface area contributed by atoms with Crippen LogP contribution in [0.3, 0.4) is 0 Å². The molecule has 3 rings (SSSR count). The Hall–Kier alpha value is -4.20. The summed E-state index contributed by atoms with van der Waals surface area (Å²) in [6, 6.07) is 1.64. The van der Waals surface area contributed by atoms with Gasteiger partial charge in [0.05, 0.1) is 10.3 Å². The number of primary amides is 1. The first-order valence-corrected chi connectivity index (χ1v) is 10.4. The van der Waals surface area contributed by atoms with Crippen molar-refractivity contribution in [2.75, 3.05) is 5.73 Å². The molecular weight excluding hydrogens is 456 g/mol. The Morgan fingerprint density at radius 3 is 2.55 bits per heavy atom. The van der Waals surface area contributed by atoms with Gasteiger partial charge in [0.15, 0.2) is 0 Å². The van der Waals surface area contributed by atoms with E-state index in [1.807, 2.05) is 0 Å². The minimum atomic E-state index is -1.38. The molecule has 9 N–H and O–H groups in total. The van der Waals surface area contributed by atoms with Crippen molar-refractivity contribution in [2.45, 2.75) is 31.2 Å². The van der Waals surface area contributed by atoms with Gasteiger partial charge in [0, 0.05) is 29.8 Å². The topological polar surface area (TPSA) is 235 Å². The van der Waals surface area contributed by atoms with Gasteiger partial charge in [-0.25, -0.2) is 4.79 Å². The predicted molar refractivity (Wildman–Crippen MR) is 116 cm³/mol. The van der Waals surface area contributed by atoms with Crippen molar-refractivity contribution in [3.8, 4) is 5.88 Å². The van der Waals surface area contributed by atoms with Crippen molar-refractivity contribution in [3.63, 3.8) is 0 Å². The van der Waals surface area contributed by atoms with E-state index in [-0.39, 0.29) is 40.6 Å². The lowest BCUT2D eigenvalue weighted by atomic mass is 9.94. The molecule has 0 fully saturated rings. The Labute approximate surface area is 189 Å². The molecule has 0 radical (unpaired) electrons. The molecule has 1 unspecified atom stereocenters. The number of nitrogens with two attached hydrogens (primary N) is 2. The third kappa shape index (κ3) is 5.35. The van der Waals surface area contributed by atoms with Crippen molar-refractivity contribution < 1.29 is 34.5 Å². The molecule has 0 saturated heterocycles. The van der Waals surface area contributed by atoms with Crippen molar-refractivity contribution in [3.05, 3.63) is 33.6 Å². The summed E-state index contributed by atoms with van der Waals surface area (Å²) in [4.78, 5) is 57.7. The minimum absolute atomic E-state index is 0.144. The zero-order valence-electron chi connectivity index (χ0n) is 16.9. The fraction of sp³-hybridized carbons (Fsp3) is 0.263. The molecule has 0 spiro atoms. The average molecular weight is 476 g/mol. The molecule has 0 bridgehead atoms. The monoisotopic (exact) mass is 476 g/mol. The zero-order valence-corrected chi connectivity index (χ0v) is 17.8. The van der Waals surface area contributed by atoms with Gasteiger partial charge < -0.3 is 37.1 Å². The van der Waals surface area contributed by atoms with Crippen molar-refractivity contribution in [2.24, 2.45) is 5.73 Å². The maximum absolute atomic E-state index is 12.6. The number of rotatable bonds is 10. The molecule has 3 heterocycles. The number of thiophene rings is 1. The fourth-order valence-corrected chi connectivity index (χ4v) is 4.34. The van der Waals surface area contributed by atoms with Gasteiger partial charge >= 0.3 is 11.9 Å². The first kappa shape index (κ1) is 23.5. The summed E-state index contributed by atoms with van der Waals surface area (Å²) in [5.41, 5.74) is 11.7. The van der Waals surface area contributed by atoms with Crippen LogP contribution in [0.15, 0.2) is 18.3 Å². The molecular formula is C19H20N6O7S. The first-order chi connectivity index (χ1) is 15.6. The van der Waals surface area contributed by atoms with Crippen LogP contribution in [-0.2, 0) is 14.4 Å². The number of hydrogen-bond donors (Lipinski definition) is 7. The van der Waals surface area contributed by atoms with Gasteiger partial charge in [-0.1, -0.05) is 0 Å². The highest BCUT2D eigenvalue weighted by atomic mass is 32.1. The summed E-state index contributed by atoms with van der Waals surface area (Å²) in [6.07, 6.45) is 0.660. The number of nitrogen functional groups attached to an aromatic ring is 1. The summed E-state index contributed by atoms with van der Waals surface area (Å²) < 4.78 is 0. The van der Waals surface area contributed by atoms with E-state index in [1.54, 1.807) is 6.07 Å². The second-order valence-electron chi connectivity index (χ2n) is 7.09. The second kappa shape index (κ2) is 9.52. The first-order valence-electron chi connectivity index (χ1n) is 9.53. The van der Waals surface area contributed by atoms with Crippen LogP contribution >= 0.6 is 11.3 Å². The van der Waals surface area contributed by atoms with E-state index in [4.69, 9.17) is 16.6 Å². The van der Waals surface area contributed by atoms with E-state index in [2.05, 4.69) is 20.3 Å². The molecule has 2 atom stereocenters. The maximum atomic E-state index is 12.6. The number of aromatic amines is 1. The number of fused-ring (bicyclic) bond motifs is 1. The smallest absolute Gasteiger partial charge is 0.326 e. The Kier molecular flexibility index (Phi) is 6.77. The number of anilines is 1. The normalized spacial score (nSPS) is 12.8. The summed E-state index contributed by atoms with van der Waals surface area (Å²) in [6.45, 7) is 0. The van der Waals surface area contributed by atoms with Crippen LogP contribution in [0.2, 0.25) is 0 Å². The molecule has 2 amide bonds. The second-order valence-corrected chi connectivity index (χ2v) is 8.21. The van der Waals surface area contributed by atoms with Crippen LogP contribution in [0.25, 0.3) is 11.0 Å². The molecule has 3 aromatic heterocycles. The molecule has 13 nitrogen and oxygen atoms in total. The lowest BCUT2D eigenvalue weighted by molar-refractivity contribution is -0.140. The molecule has 0 aromatic carbocycles. The fourth-order valence-electron chi connectivity index (χ4n) is 3.31. The summed E-state index contributed by atoms with van der Waals surface area (Å²) in [7, 11) is 0. The third-order valence-electron chi connectivity index (χ3n) is 4.79. The Bertz CT molecular complexity index is 1240. The van der Waals surface area contributed by atoms with Crippen LogP contribution in [-0.4, -0.2) is 60.1 Å². The number of amides is 2. The van der Waals surface area contributed by atoms with Gasteiger partial charge in [-0.05, 0) is 24.1 Å². The number of H-pyrrole nitrogens is 1. The highest BCUT2D eigenvalue weighted by Crippen LogP contribution is 2.39. The predicted octanol–water partition coefficient (Wildman–Crippen LogP) is 0.362.